The summed E-state index contributed by atoms with van der Waals surface area (Å²) < 4.78 is 5.01. The molecular weight excluding hydrogens is 312 g/mol. The zero-order valence-electron chi connectivity index (χ0n) is 13.4. The standard InChI is InChI=1S/C17H18N2O5/c1-3-15(13-6-9-17(23-2)16(20)10-13)18-24-11-12-4-7-14(8-5-12)19(21)22/h4-10,20H,3,11H2,1-2H3. The van der Waals surface area contributed by atoms with Gasteiger partial charge in [-0.25, -0.2) is 0 Å². The SMILES string of the molecule is CCC(=NOCc1ccc([N+](=O)[O-])cc1)c1ccc(OC)c(O)c1. The molecule has 0 saturated heterocycles. The summed E-state index contributed by atoms with van der Waals surface area (Å²) in [7, 11) is 1.48. The molecule has 0 aliphatic heterocycles. The number of hydrogen-bond acceptors (Lipinski definition) is 6. The molecule has 0 fully saturated rings. The minimum Gasteiger partial charge on any atom is -0.504 e. The summed E-state index contributed by atoms with van der Waals surface area (Å²) in [5, 5.41) is 24.5. The van der Waals surface area contributed by atoms with Gasteiger partial charge < -0.3 is 14.7 Å². The van der Waals surface area contributed by atoms with Crippen LogP contribution < -0.4 is 4.74 Å². The third-order valence-electron chi connectivity index (χ3n) is 3.40. The summed E-state index contributed by atoms with van der Waals surface area (Å²) in [6.45, 7) is 2.12. The van der Waals surface area contributed by atoms with E-state index in [-0.39, 0.29) is 18.0 Å². The second-order valence-electron chi connectivity index (χ2n) is 4.98. The lowest BCUT2D eigenvalue weighted by Gasteiger charge is -2.08. The number of ether oxygens (including phenoxy) is 1. The van der Waals surface area contributed by atoms with Gasteiger partial charge in [-0.2, -0.15) is 0 Å². The minimum atomic E-state index is -0.450. The molecule has 2 aromatic rings. The van der Waals surface area contributed by atoms with Gasteiger partial charge in [0.1, 0.15) is 6.61 Å². The van der Waals surface area contributed by atoms with Crippen LogP contribution in [0.25, 0.3) is 0 Å². The van der Waals surface area contributed by atoms with Crippen LogP contribution in [0.15, 0.2) is 47.6 Å². The summed E-state index contributed by atoms with van der Waals surface area (Å²) in [6.07, 6.45) is 0.617. The highest BCUT2D eigenvalue weighted by molar-refractivity contribution is 6.00. The van der Waals surface area contributed by atoms with Crippen LogP contribution in [0.4, 0.5) is 5.69 Å². The first-order chi connectivity index (χ1) is 11.5. The average molecular weight is 330 g/mol. The van der Waals surface area contributed by atoms with E-state index in [1.165, 1.54) is 19.2 Å². The van der Waals surface area contributed by atoms with Crippen molar-refractivity contribution in [2.24, 2.45) is 5.16 Å². The number of nitrogens with zero attached hydrogens (tertiary/aromatic N) is 2. The van der Waals surface area contributed by atoms with Crippen molar-refractivity contribution in [1.82, 2.24) is 0 Å². The normalized spacial score (nSPS) is 11.2. The number of phenolic OH excluding ortho intramolecular Hbond substituents is 1. The molecule has 2 rings (SSSR count). The predicted molar refractivity (Wildman–Crippen MR) is 89.4 cm³/mol. The summed E-state index contributed by atoms with van der Waals surface area (Å²) in [5.41, 5.74) is 2.22. The smallest absolute Gasteiger partial charge is 0.269 e. The summed E-state index contributed by atoms with van der Waals surface area (Å²) in [5.74, 6) is 0.424. The van der Waals surface area contributed by atoms with E-state index >= 15 is 0 Å². The Labute approximate surface area is 139 Å². The number of nitro benzene ring substituents is 1. The second kappa shape index (κ2) is 7.96. The third-order valence-corrected chi connectivity index (χ3v) is 3.40. The molecular formula is C17H18N2O5. The molecule has 7 nitrogen and oxygen atoms in total. The molecule has 0 spiro atoms. The Morgan fingerprint density at radius 3 is 2.50 bits per heavy atom. The molecule has 0 atom stereocenters. The number of non-ortho nitro benzene ring substituents is 1. The maximum atomic E-state index is 10.6. The van der Waals surface area contributed by atoms with Crippen LogP contribution in [0.1, 0.15) is 24.5 Å². The number of oxime groups is 1. The van der Waals surface area contributed by atoms with E-state index in [9.17, 15) is 15.2 Å². The number of rotatable bonds is 7. The molecule has 0 unspecified atom stereocenters. The molecule has 0 radical (unpaired) electrons. The number of aromatic hydroxyl groups is 1. The molecule has 0 aliphatic carbocycles. The van der Waals surface area contributed by atoms with Crippen molar-refractivity contribution < 1.29 is 19.6 Å². The Morgan fingerprint density at radius 2 is 1.96 bits per heavy atom. The fourth-order valence-electron chi connectivity index (χ4n) is 2.09. The third kappa shape index (κ3) is 4.22. The van der Waals surface area contributed by atoms with Crippen molar-refractivity contribution in [3.8, 4) is 11.5 Å². The van der Waals surface area contributed by atoms with Crippen molar-refractivity contribution in [2.75, 3.05) is 7.11 Å². The fourth-order valence-corrected chi connectivity index (χ4v) is 2.09. The van der Waals surface area contributed by atoms with Gasteiger partial charge in [0.05, 0.1) is 17.7 Å². The van der Waals surface area contributed by atoms with Crippen molar-refractivity contribution in [3.05, 3.63) is 63.7 Å². The Bertz CT molecular complexity index is 741. The molecule has 0 amide bonds. The van der Waals surface area contributed by atoms with E-state index in [1.54, 1.807) is 30.3 Å². The lowest BCUT2D eigenvalue weighted by Crippen LogP contribution is -2.01. The van der Waals surface area contributed by atoms with E-state index < -0.39 is 4.92 Å². The Balaban J connectivity index is 2.05. The topological polar surface area (TPSA) is 94.2 Å². The van der Waals surface area contributed by atoms with E-state index in [0.29, 0.717) is 17.9 Å². The van der Waals surface area contributed by atoms with Crippen LogP contribution in [0.5, 0.6) is 11.5 Å². The van der Waals surface area contributed by atoms with Crippen LogP contribution in [-0.2, 0) is 11.4 Å². The summed E-state index contributed by atoms with van der Waals surface area (Å²) in [4.78, 5) is 15.5. The second-order valence-corrected chi connectivity index (χ2v) is 4.98. The first-order valence-corrected chi connectivity index (χ1v) is 7.34. The quantitative estimate of drug-likeness (QED) is 0.475. The molecule has 0 heterocycles. The van der Waals surface area contributed by atoms with Crippen LogP contribution in [0, 0.1) is 10.1 Å². The van der Waals surface area contributed by atoms with Gasteiger partial charge in [-0.05, 0) is 42.3 Å². The molecule has 0 bridgehead atoms. The Morgan fingerprint density at radius 1 is 1.25 bits per heavy atom. The maximum Gasteiger partial charge on any atom is 0.269 e. The number of nitro groups is 1. The molecule has 2 aromatic carbocycles. The van der Waals surface area contributed by atoms with Crippen LogP contribution in [-0.4, -0.2) is 22.9 Å². The summed E-state index contributed by atoms with van der Waals surface area (Å²) >= 11 is 0. The Hall–Kier alpha value is -3.09. The van der Waals surface area contributed by atoms with Gasteiger partial charge in [0.2, 0.25) is 0 Å². The van der Waals surface area contributed by atoms with Gasteiger partial charge in [0.15, 0.2) is 11.5 Å². The first kappa shape index (κ1) is 17.3. The maximum absolute atomic E-state index is 10.6. The molecule has 0 aromatic heterocycles. The molecule has 24 heavy (non-hydrogen) atoms. The van der Waals surface area contributed by atoms with E-state index in [0.717, 1.165) is 11.1 Å². The predicted octanol–water partition coefficient (Wildman–Crippen LogP) is 3.64. The first-order valence-electron chi connectivity index (χ1n) is 7.34. The molecule has 1 N–H and O–H groups in total. The zero-order valence-corrected chi connectivity index (χ0v) is 13.4. The van der Waals surface area contributed by atoms with E-state index in [2.05, 4.69) is 5.16 Å². The van der Waals surface area contributed by atoms with Crippen molar-refractivity contribution in [2.45, 2.75) is 20.0 Å². The molecule has 0 saturated carbocycles. The number of methoxy groups -OCH3 is 1. The highest BCUT2D eigenvalue weighted by Crippen LogP contribution is 2.27. The monoisotopic (exact) mass is 330 g/mol. The van der Waals surface area contributed by atoms with Gasteiger partial charge >= 0.3 is 0 Å². The van der Waals surface area contributed by atoms with Crippen molar-refractivity contribution in [3.63, 3.8) is 0 Å². The van der Waals surface area contributed by atoms with Gasteiger partial charge in [0, 0.05) is 17.7 Å². The van der Waals surface area contributed by atoms with Gasteiger partial charge in [-0.3, -0.25) is 10.1 Å². The molecule has 126 valence electrons. The van der Waals surface area contributed by atoms with Gasteiger partial charge in [0.25, 0.3) is 5.69 Å². The van der Waals surface area contributed by atoms with Gasteiger partial charge in [-0.1, -0.05) is 12.1 Å². The zero-order chi connectivity index (χ0) is 17.5. The van der Waals surface area contributed by atoms with Crippen molar-refractivity contribution >= 4 is 11.4 Å². The van der Waals surface area contributed by atoms with Gasteiger partial charge in [-0.15, -0.1) is 0 Å². The van der Waals surface area contributed by atoms with Crippen molar-refractivity contribution in [1.29, 1.82) is 0 Å². The largest absolute Gasteiger partial charge is 0.504 e. The average Bonchev–Trinajstić information content (AvgIpc) is 2.59. The number of benzene rings is 2. The molecule has 0 aliphatic rings. The van der Waals surface area contributed by atoms with Crippen LogP contribution in [0.3, 0.4) is 0 Å². The minimum absolute atomic E-state index is 0.0326. The highest BCUT2D eigenvalue weighted by atomic mass is 16.6. The number of hydrogen-bond donors (Lipinski definition) is 1. The van der Waals surface area contributed by atoms with Crippen LogP contribution in [0.2, 0.25) is 0 Å². The lowest BCUT2D eigenvalue weighted by atomic mass is 10.1. The van der Waals surface area contributed by atoms with Crippen LogP contribution >= 0.6 is 0 Å². The number of phenols is 1. The van der Waals surface area contributed by atoms with E-state index in [1.807, 2.05) is 6.92 Å². The lowest BCUT2D eigenvalue weighted by molar-refractivity contribution is -0.384. The Kier molecular flexibility index (Phi) is 5.73. The summed E-state index contributed by atoms with van der Waals surface area (Å²) in [6, 6.07) is 11.1. The fraction of sp³-hybridized carbons (Fsp3) is 0.235. The molecule has 7 heteroatoms. The highest BCUT2D eigenvalue weighted by Gasteiger charge is 2.08. The van der Waals surface area contributed by atoms with E-state index in [4.69, 9.17) is 9.57 Å².